The van der Waals surface area contributed by atoms with Gasteiger partial charge in [-0.1, -0.05) is 52.5 Å². The lowest BCUT2D eigenvalue weighted by Crippen LogP contribution is -2.02. The lowest BCUT2D eigenvalue weighted by Gasteiger charge is -2.16. The van der Waals surface area contributed by atoms with Crippen molar-refractivity contribution < 1.29 is 0 Å². The summed E-state index contributed by atoms with van der Waals surface area (Å²) in [6.45, 7) is 15.0. The Morgan fingerprint density at radius 1 is 1.08 bits per heavy atom. The highest BCUT2D eigenvalue weighted by molar-refractivity contribution is 5.34. The molecule has 0 unspecified atom stereocenters. The van der Waals surface area contributed by atoms with Crippen LogP contribution in [0.4, 0.5) is 0 Å². The van der Waals surface area contributed by atoms with Crippen LogP contribution in [0.1, 0.15) is 34.6 Å². The van der Waals surface area contributed by atoms with E-state index in [4.69, 9.17) is 0 Å². The Kier molecular flexibility index (Phi) is 5.45. The largest absolute Gasteiger partial charge is 0.0953 e. The average molecular weight is 178 g/mol. The average Bonchev–Trinajstić information content (AvgIpc) is 2.04. The third-order valence-corrected chi connectivity index (χ3v) is 2.16. The van der Waals surface area contributed by atoms with E-state index in [1.165, 1.54) is 11.1 Å². The van der Waals surface area contributed by atoms with E-state index < -0.39 is 0 Å². The van der Waals surface area contributed by atoms with Gasteiger partial charge in [-0.2, -0.15) is 0 Å². The van der Waals surface area contributed by atoms with E-state index in [1.807, 2.05) is 6.92 Å². The van der Waals surface area contributed by atoms with E-state index in [1.54, 1.807) is 0 Å². The summed E-state index contributed by atoms with van der Waals surface area (Å²) in [5.74, 6) is 1.10. The fourth-order valence-electron chi connectivity index (χ4n) is 1.20. The first kappa shape index (κ1) is 12.2. The summed E-state index contributed by atoms with van der Waals surface area (Å²) in [4.78, 5) is 0. The Labute approximate surface area is 83.0 Å². The maximum atomic E-state index is 4.13. The maximum Gasteiger partial charge on any atom is -0.0216 e. The van der Waals surface area contributed by atoms with Gasteiger partial charge in [0.25, 0.3) is 0 Å². The summed E-state index contributed by atoms with van der Waals surface area (Å²) in [5.41, 5.74) is 2.63. The van der Waals surface area contributed by atoms with Crippen molar-refractivity contribution in [1.82, 2.24) is 0 Å². The zero-order chi connectivity index (χ0) is 10.4. The van der Waals surface area contributed by atoms with Crippen LogP contribution in [-0.4, -0.2) is 0 Å². The minimum absolute atomic E-state index is 0.541. The van der Waals surface area contributed by atoms with Gasteiger partial charge in [0.1, 0.15) is 0 Å². The molecule has 0 radical (unpaired) electrons. The summed E-state index contributed by atoms with van der Waals surface area (Å²) in [5, 5.41) is 0. The second-order valence-corrected chi connectivity index (χ2v) is 3.98. The van der Waals surface area contributed by atoms with Crippen molar-refractivity contribution in [1.29, 1.82) is 0 Å². The molecule has 0 heteroatoms. The smallest absolute Gasteiger partial charge is 0.0216 e. The van der Waals surface area contributed by atoms with E-state index in [2.05, 4.69) is 52.5 Å². The zero-order valence-electron chi connectivity index (χ0n) is 9.59. The molecule has 13 heavy (non-hydrogen) atoms. The summed E-state index contributed by atoms with van der Waals surface area (Å²) in [7, 11) is 0. The Hall–Kier alpha value is -0.780. The number of hydrogen-bond acceptors (Lipinski definition) is 0. The first-order valence-electron chi connectivity index (χ1n) is 5.02. The Morgan fingerprint density at radius 3 is 1.92 bits per heavy atom. The minimum atomic E-state index is 0.541. The standard InChI is InChI=1S/C13H22/c1-7-8-9-13(11(4)5)12(6)10(2)3/h7-11H,6H2,1-5H3/b8-7+,13-9-. The second-order valence-electron chi connectivity index (χ2n) is 3.98. The van der Waals surface area contributed by atoms with Gasteiger partial charge >= 0.3 is 0 Å². The molecular formula is C13H22. The van der Waals surface area contributed by atoms with E-state index in [0.717, 1.165) is 0 Å². The lowest BCUT2D eigenvalue weighted by molar-refractivity contribution is 0.704. The predicted octanol–water partition coefficient (Wildman–Crippen LogP) is 4.36. The number of hydrogen-bond donors (Lipinski definition) is 0. The molecule has 0 nitrogen and oxygen atoms in total. The van der Waals surface area contributed by atoms with Gasteiger partial charge in [0.05, 0.1) is 0 Å². The van der Waals surface area contributed by atoms with Crippen LogP contribution < -0.4 is 0 Å². The van der Waals surface area contributed by atoms with Crippen LogP contribution in [0.15, 0.2) is 36.0 Å². The van der Waals surface area contributed by atoms with Crippen molar-refractivity contribution >= 4 is 0 Å². The molecule has 0 rings (SSSR count). The van der Waals surface area contributed by atoms with Crippen LogP contribution in [0.2, 0.25) is 0 Å². The second kappa shape index (κ2) is 5.80. The van der Waals surface area contributed by atoms with E-state index in [9.17, 15) is 0 Å². The topological polar surface area (TPSA) is 0 Å². The third-order valence-electron chi connectivity index (χ3n) is 2.16. The van der Waals surface area contributed by atoms with Crippen molar-refractivity contribution in [3.8, 4) is 0 Å². The fourth-order valence-corrected chi connectivity index (χ4v) is 1.20. The number of rotatable bonds is 4. The first-order chi connectivity index (χ1) is 6.00. The molecule has 0 bridgehead atoms. The van der Waals surface area contributed by atoms with Gasteiger partial charge in [-0.3, -0.25) is 0 Å². The predicted molar refractivity (Wildman–Crippen MR) is 61.7 cm³/mol. The molecule has 0 spiro atoms. The lowest BCUT2D eigenvalue weighted by atomic mass is 9.89. The van der Waals surface area contributed by atoms with E-state index in [-0.39, 0.29) is 0 Å². The van der Waals surface area contributed by atoms with Crippen LogP contribution in [-0.2, 0) is 0 Å². The zero-order valence-corrected chi connectivity index (χ0v) is 9.59. The van der Waals surface area contributed by atoms with Gasteiger partial charge in [0, 0.05) is 0 Å². The highest BCUT2D eigenvalue weighted by Crippen LogP contribution is 2.24. The molecule has 0 fully saturated rings. The van der Waals surface area contributed by atoms with Gasteiger partial charge in [-0.15, -0.1) is 0 Å². The van der Waals surface area contributed by atoms with Gasteiger partial charge < -0.3 is 0 Å². The summed E-state index contributed by atoms with van der Waals surface area (Å²) in [6.07, 6.45) is 6.31. The molecule has 74 valence electrons. The van der Waals surface area contributed by atoms with Crippen molar-refractivity contribution in [2.45, 2.75) is 34.6 Å². The highest BCUT2D eigenvalue weighted by Gasteiger charge is 2.09. The summed E-state index contributed by atoms with van der Waals surface area (Å²) < 4.78 is 0. The van der Waals surface area contributed by atoms with Crippen LogP contribution in [0, 0.1) is 11.8 Å². The Morgan fingerprint density at radius 2 is 1.62 bits per heavy atom. The van der Waals surface area contributed by atoms with Gasteiger partial charge in [-0.25, -0.2) is 0 Å². The molecule has 0 aliphatic heterocycles. The molecule has 0 aliphatic carbocycles. The monoisotopic (exact) mass is 178 g/mol. The maximum absolute atomic E-state index is 4.13. The third kappa shape index (κ3) is 4.12. The Balaban J connectivity index is 4.71. The van der Waals surface area contributed by atoms with Crippen LogP contribution in [0.5, 0.6) is 0 Å². The molecule has 0 saturated carbocycles. The van der Waals surface area contributed by atoms with Crippen molar-refractivity contribution in [3.63, 3.8) is 0 Å². The molecule has 0 atom stereocenters. The van der Waals surface area contributed by atoms with Gasteiger partial charge in [0.15, 0.2) is 0 Å². The summed E-state index contributed by atoms with van der Waals surface area (Å²) in [6, 6.07) is 0. The van der Waals surface area contributed by atoms with E-state index in [0.29, 0.717) is 11.8 Å². The molecule has 0 aromatic rings. The first-order valence-corrected chi connectivity index (χ1v) is 5.02. The molecule has 0 N–H and O–H groups in total. The van der Waals surface area contributed by atoms with Crippen LogP contribution in [0.3, 0.4) is 0 Å². The molecule has 0 heterocycles. The van der Waals surface area contributed by atoms with Crippen LogP contribution >= 0.6 is 0 Å². The Bertz CT molecular complexity index is 214. The van der Waals surface area contributed by atoms with Gasteiger partial charge in [0.2, 0.25) is 0 Å². The fraction of sp³-hybridized carbons (Fsp3) is 0.538. The van der Waals surface area contributed by atoms with Crippen molar-refractivity contribution in [3.05, 3.63) is 36.0 Å². The van der Waals surface area contributed by atoms with Gasteiger partial charge in [-0.05, 0) is 29.9 Å². The van der Waals surface area contributed by atoms with Crippen molar-refractivity contribution in [2.75, 3.05) is 0 Å². The van der Waals surface area contributed by atoms with Crippen molar-refractivity contribution in [2.24, 2.45) is 11.8 Å². The molecule has 0 aliphatic rings. The molecule has 0 aromatic carbocycles. The molecule has 0 amide bonds. The molecule has 0 saturated heterocycles. The van der Waals surface area contributed by atoms with Crippen LogP contribution in [0.25, 0.3) is 0 Å². The van der Waals surface area contributed by atoms with E-state index >= 15 is 0 Å². The molecular weight excluding hydrogens is 156 g/mol. The molecule has 0 aromatic heterocycles. The SMILES string of the molecule is C=C(/C(=C\C=C\C)C(C)C)C(C)C. The normalized spacial score (nSPS) is 13.3. The minimum Gasteiger partial charge on any atom is -0.0953 e. The quantitative estimate of drug-likeness (QED) is 0.561. The number of allylic oxidation sites excluding steroid dienone is 5. The highest BCUT2D eigenvalue weighted by atomic mass is 14.1. The summed E-state index contributed by atoms with van der Waals surface area (Å²) >= 11 is 0.